The van der Waals surface area contributed by atoms with Gasteiger partial charge in [0.05, 0.1) is 17.2 Å². The fourth-order valence-corrected chi connectivity index (χ4v) is 6.35. The Morgan fingerprint density at radius 3 is 2.20 bits per heavy atom. The Hall–Kier alpha value is -3.50. The molecule has 1 atom stereocenters. The molecule has 0 aliphatic heterocycles. The van der Waals surface area contributed by atoms with E-state index in [0.717, 1.165) is 14.8 Å². The second-order valence-corrected chi connectivity index (χ2v) is 12.0. The Bertz CT molecular complexity index is 1380. The van der Waals surface area contributed by atoms with E-state index >= 15 is 0 Å². The summed E-state index contributed by atoms with van der Waals surface area (Å²) in [6.45, 7) is 5.97. The Morgan fingerprint density at radius 2 is 1.59 bits per heavy atom. The summed E-state index contributed by atoms with van der Waals surface area (Å²) in [6.07, 6.45) is 2.81. The zero-order valence-electron chi connectivity index (χ0n) is 24.1. The maximum absolute atomic E-state index is 14.1. The minimum atomic E-state index is -4.18. The first-order valence-corrected chi connectivity index (χ1v) is 16.4. The third-order valence-electron chi connectivity index (χ3n) is 6.58. The highest BCUT2D eigenvalue weighted by Gasteiger charge is 2.34. The fraction of sp³-hybridized carbons (Fsp3) is 0.355. The van der Waals surface area contributed by atoms with Crippen LogP contribution in [-0.4, -0.2) is 63.7 Å². The third-order valence-corrected chi connectivity index (χ3v) is 9.10. The van der Waals surface area contributed by atoms with Crippen molar-refractivity contribution in [1.82, 2.24) is 10.2 Å². The number of rotatable bonds is 15. The van der Waals surface area contributed by atoms with Gasteiger partial charge < -0.3 is 15.0 Å². The first kappa shape index (κ1) is 32.0. The molecule has 3 aromatic rings. The molecule has 0 radical (unpaired) electrons. The van der Waals surface area contributed by atoms with E-state index in [-0.39, 0.29) is 23.0 Å². The Morgan fingerprint density at radius 1 is 0.927 bits per heavy atom. The highest BCUT2D eigenvalue weighted by atomic mass is 32.2. The molecule has 41 heavy (non-hydrogen) atoms. The van der Waals surface area contributed by atoms with Crippen LogP contribution in [0.5, 0.6) is 5.75 Å². The summed E-state index contributed by atoms with van der Waals surface area (Å²) in [5, 5.41) is 2.82. The second-order valence-electron chi connectivity index (χ2n) is 9.23. The summed E-state index contributed by atoms with van der Waals surface area (Å²) >= 11 is 1.51. The van der Waals surface area contributed by atoms with Gasteiger partial charge in [-0.25, -0.2) is 8.42 Å². The number of carbonyl (C=O) groups excluding carboxylic acids is 2. The van der Waals surface area contributed by atoms with Gasteiger partial charge in [0.25, 0.3) is 10.0 Å². The van der Waals surface area contributed by atoms with Gasteiger partial charge in [-0.1, -0.05) is 49.4 Å². The molecule has 10 heteroatoms. The molecule has 1 N–H and O–H groups in total. The molecule has 0 aromatic heterocycles. The zero-order chi connectivity index (χ0) is 29.8. The van der Waals surface area contributed by atoms with Gasteiger partial charge in [0.2, 0.25) is 11.8 Å². The average Bonchev–Trinajstić information content (AvgIpc) is 2.99. The van der Waals surface area contributed by atoms with Gasteiger partial charge in [-0.2, -0.15) is 0 Å². The summed E-state index contributed by atoms with van der Waals surface area (Å²) in [6, 6.07) is 22.2. The number of likely N-dealkylation sites (N-methyl/N-ethyl adjacent to an activating group) is 1. The van der Waals surface area contributed by atoms with Crippen LogP contribution in [0.1, 0.15) is 32.8 Å². The van der Waals surface area contributed by atoms with E-state index in [1.165, 1.54) is 16.7 Å². The minimum Gasteiger partial charge on any atom is -0.492 e. The van der Waals surface area contributed by atoms with Crippen molar-refractivity contribution in [3.8, 4) is 5.75 Å². The largest absolute Gasteiger partial charge is 0.492 e. The molecular weight excluding hydrogens is 558 g/mol. The first-order valence-electron chi connectivity index (χ1n) is 13.8. The van der Waals surface area contributed by atoms with E-state index in [2.05, 4.69) is 5.32 Å². The maximum atomic E-state index is 14.1. The highest BCUT2D eigenvalue weighted by Crippen LogP contribution is 2.33. The van der Waals surface area contributed by atoms with Crippen molar-refractivity contribution in [3.63, 3.8) is 0 Å². The van der Waals surface area contributed by atoms with Crippen molar-refractivity contribution in [2.45, 2.75) is 49.4 Å². The summed E-state index contributed by atoms with van der Waals surface area (Å²) in [4.78, 5) is 29.6. The van der Waals surface area contributed by atoms with Gasteiger partial charge in [-0.3, -0.25) is 13.9 Å². The molecule has 0 bridgehead atoms. The standard InChI is InChI=1S/C31H39N3O5S2/c1-5-27(31(36)32-6-2)33(22-21-24-13-9-8-10-14-24)30(35)23-34(28-15-11-12-16-29(28)39-7-3)41(37,38)26-19-17-25(40-4)18-20-26/h8-20,27H,5-7,21-23H2,1-4H3,(H,32,36). The summed E-state index contributed by atoms with van der Waals surface area (Å²) in [7, 11) is -4.18. The molecular formula is C31H39N3O5S2. The van der Waals surface area contributed by atoms with Gasteiger partial charge in [-0.15, -0.1) is 11.8 Å². The number of nitrogens with one attached hydrogen (secondary N) is 1. The molecule has 0 aliphatic carbocycles. The van der Waals surface area contributed by atoms with Crippen molar-refractivity contribution in [1.29, 1.82) is 0 Å². The minimum absolute atomic E-state index is 0.0565. The number of benzene rings is 3. The Kier molecular flexibility index (Phi) is 12.1. The van der Waals surface area contributed by atoms with E-state index in [9.17, 15) is 18.0 Å². The van der Waals surface area contributed by atoms with Crippen LogP contribution < -0.4 is 14.4 Å². The number of nitrogens with zero attached hydrogens (tertiary/aromatic N) is 2. The lowest BCUT2D eigenvalue weighted by atomic mass is 10.1. The Balaban J connectivity index is 2.06. The zero-order valence-corrected chi connectivity index (χ0v) is 25.7. The van der Waals surface area contributed by atoms with E-state index in [1.54, 1.807) is 48.5 Å². The van der Waals surface area contributed by atoms with Gasteiger partial charge in [0.15, 0.2) is 0 Å². The number of amides is 2. The van der Waals surface area contributed by atoms with Crippen LogP contribution in [0.15, 0.2) is 88.7 Å². The summed E-state index contributed by atoms with van der Waals surface area (Å²) < 4.78 is 35.1. The summed E-state index contributed by atoms with van der Waals surface area (Å²) in [5.41, 5.74) is 1.27. The quantitative estimate of drug-likeness (QED) is 0.248. The van der Waals surface area contributed by atoms with Crippen LogP contribution in [0, 0.1) is 0 Å². The molecule has 0 saturated carbocycles. The van der Waals surface area contributed by atoms with Crippen LogP contribution in [0.4, 0.5) is 5.69 Å². The maximum Gasteiger partial charge on any atom is 0.264 e. The second kappa shape index (κ2) is 15.5. The van der Waals surface area contributed by atoms with Crippen LogP contribution >= 0.6 is 11.8 Å². The molecule has 0 heterocycles. The molecule has 0 fully saturated rings. The van der Waals surface area contributed by atoms with Crippen LogP contribution in [-0.2, 0) is 26.0 Å². The van der Waals surface area contributed by atoms with Crippen LogP contribution in [0.2, 0.25) is 0 Å². The molecule has 0 aliphatic rings. The molecule has 1 unspecified atom stereocenters. The number of ether oxygens (including phenoxy) is 1. The van der Waals surface area contributed by atoms with Crippen LogP contribution in [0.25, 0.3) is 0 Å². The third kappa shape index (κ3) is 8.27. The van der Waals surface area contributed by atoms with Gasteiger partial charge >= 0.3 is 0 Å². The number of hydrogen-bond acceptors (Lipinski definition) is 6. The predicted octanol–water partition coefficient (Wildman–Crippen LogP) is 4.99. The molecule has 2 amide bonds. The number of hydrogen-bond donors (Lipinski definition) is 1. The lowest BCUT2D eigenvalue weighted by molar-refractivity contribution is -0.139. The molecule has 3 rings (SSSR count). The highest BCUT2D eigenvalue weighted by molar-refractivity contribution is 7.98. The van der Waals surface area contributed by atoms with Crippen molar-refractivity contribution in [3.05, 3.63) is 84.4 Å². The first-order chi connectivity index (χ1) is 19.8. The normalized spacial score (nSPS) is 11.9. The SMILES string of the molecule is CCNC(=O)C(CC)N(CCc1ccccc1)C(=O)CN(c1ccccc1OCC)S(=O)(=O)c1ccc(SC)cc1. The average molecular weight is 598 g/mol. The lowest BCUT2D eigenvalue weighted by Gasteiger charge is -2.33. The number of sulfonamides is 1. The van der Waals surface area contributed by atoms with Crippen molar-refractivity contribution >= 4 is 39.3 Å². The Labute approximate surface area is 248 Å². The van der Waals surface area contributed by atoms with Crippen molar-refractivity contribution in [2.24, 2.45) is 0 Å². The van der Waals surface area contributed by atoms with Gasteiger partial charge in [0, 0.05) is 18.0 Å². The number of thioether (sulfide) groups is 1. The summed E-state index contributed by atoms with van der Waals surface area (Å²) in [5.74, 6) is -0.401. The topological polar surface area (TPSA) is 96.0 Å². The predicted molar refractivity (Wildman–Crippen MR) is 165 cm³/mol. The number of para-hydroxylation sites is 2. The van der Waals surface area contributed by atoms with E-state index in [4.69, 9.17) is 4.74 Å². The van der Waals surface area contributed by atoms with Crippen LogP contribution in [0.3, 0.4) is 0 Å². The van der Waals surface area contributed by atoms with E-state index in [1.807, 2.05) is 57.4 Å². The van der Waals surface area contributed by atoms with Gasteiger partial charge in [0.1, 0.15) is 18.3 Å². The number of carbonyl (C=O) groups is 2. The molecule has 8 nitrogen and oxygen atoms in total. The van der Waals surface area contributed by atoms with Gasteiger partial charge in [-0.05, 0) is 74.9 Å². The van der Waals surface area contributed by atoms with E-state index in [0.29, 0.717) is 31.7 Å². The van der Waals surface area contributed by atoms with Crippen molar-refractivity contribution in [2.75, 3.05) is 36.8 Å². The van der Waals surface area contributed by atoms with E-state index < -0.39 is 28.5 Å². The number of anilines is 1. The molecule has 0 spiro atoms. The lowest BCUT2D eigenvalue weighted by Crippen LogP contribution is -2.53. The molecule has 3 aromatic carbocycles. The fourth-order valence-electron chi connectivity index (χ4n) is 4.52. The molecule has 220 valence electrons. The van der Waals surface area contributed by atoms with Crippen molar-refractivity contribution < 1.29 is 22.7 Å². The molecule has 0 saturated heterocycles. The monoisotopic (exact) mass is 597 g/mol. The smallest absolute Gasteiger partial charge is 0.264 e.